The summed E-state index contributed by atoms with van der Waals surface area (Å²) in [6.45, 7) is 4.70. The van der Waals surface area contributed by atoms with Crippen LogP contribution < -0.4 is 15.1 Å². The number of hydrogen-bond acceptors (Lipinski definition) is 4. The first-order valence-electron chi connectivity index (χ1n) is 11.1. The third-order valence-corrected chi connectivity index (χ3v) is 5.89. The zero-order chi connectivity index (χ0) is 24.1. The number of hydrogen-bond donors (Lipinski definition) is 1. The number of halogens is 1. The highest BCUT2D eigenvalue weighted by molar-refractivity contribution is 6.00. The number of amides is 2. The summed E-state index contributed by atoms with van der Waals surface area (Å²) in [5, 5.41) is 4.04. The number of nitrogens with one attached hydrogen (secondary N) is 1. The van der Waals surface area contributed by atoms with Gasteiger partial charge in [0.1, 0.15) is 18.2 Å². The average molecular weight is 460 g/mol. The fourth-order valence-corrected chi connectivity index (χ4v) is 3.69. The SMILES string of the molecule is Cc1ccc(N2C[C@@H](C(=O)N/N=C\c3ccc(OCc4ccc(F)cc4)cc3)CC2=O)cc1C. The van der Waals surface area contributed by atoms with Crippen molar-refractivity contribution in [3.8, 4) is 5.75 Å². The molecule has 0 unspecified atom stereocenters. The van der Waals surface area contributed by atoms with E-state index in [4.69, 9.17) is 4.74 Å². The normalized spacial score (nSPS) is 15.7. The highest BCUT2D eigenvalue weighted by Gasteiger charge is 2.35. The maximum atomic E-state index is 13.0. The monoisotopic (exact) mass is 459 g/mol. The highest BCUT2D eigenvalue weighted by atomic mass is 19.1. The van der Waals surface area contributed by atoms with E-state index in [1.807, 2.05) is 44.2 Å². The molecule has 174 valence electrons. The van der Waals surface area contributed by atoms with Crippen LogP contribution in [-0.2, 0) is 16.2 Å². The number of aryl methyl sites for hydroxylation is 2. The summed E-state index contributed by atoms with van der Waals surface area (Å²) in [5.41, 5.74) is 7.28. The number of nitrogens with zero attached hydrogens (tertiary/aromatic N) is 2. The minimum atomic E-state index is -0.450. The fourth-order valence-electron chi connectivity index (χ4n) is 3.69. The number of ether oxygens (including phenoxy) is 1. The summed E-state index contributed by atoms with van der Waals surface area (Å²) < 4.78 is 18.7. The van der Waals surface area contributed by atoms with E-state index in [0.29, 0.717) is 18.9 Å². The maximum absolute atomic E-state index is 13.0. The van der Waals surface area contributed by atoms with Crippen LogP contribution in [0.3, 0.4) is 0 Å². The van der Waals surface area contributed by atoms with Crippen LogP contribution in [0.5, 0.6) is 5.75 Å². The van der Waals surface area contributed by atoms with Gasteiger partial charge in [-0.1, -0.05) is 18.2 Å². The molecular weight excluding hydrogens is 433 g/mol. The fraction of sp³-hybridized carbons (Fsp3) is 0.222. The van der Waals surface area contributed by atoms with Crippen molar-refractivity contribution < 1.29 is 18.7 Å². The highest BCUT2D eigenvalue weighted by Crippen LogP contribution is 2.27. The van der Waals surface area contributed by atoms with Gasteiger partial charge in [0.25, 0.3) is 0 Å². The van der Waals surface area contributed by atoms with E-state index in [9.17, 15) is 14.0 Å². The van der Waals surface area contributed by atoms with Crippen LogP contribution in [0.4, 0.5) is 10.1 Å². The van der Waals surface area contributed by atoms with E-state index in [1.165, 1.54) is 12.1 Å². The number of carbonyl (C=O) groups is 2. The molecule has 0 aliphatic carbocycles. The second-order valence-corrected chi connectivity index (χ2v) is 8.39. The van der Waals surface area contributed by atoms with Gasteiger partial charge < -0.3 is 9.64 Å². The van der Waals surface area contributed by atoms with Crippen molar-refractivity contribution in [3.63, 3.8) is 0 Å². The van der Waals surface area contributed by atoms with Gasteiger partial charge in [-0.15, -0.1) is 0 Å². The third-order valence-electron chi connectivity index (χ3n) is 5.89. The molecule has 1 aliphatic rings. The second-order valence-electron chi connectivity index (χ2n) is 8.39. The Morgan fingerprint density at radius 3 is 2.53 bits per heavy atom. The topological polar surface area (TPSA) is 71.0 Å². The van der Waals surface area contributed by atoms with Crippen LogP contribution in [0.2, 0.25) is 0 Å². The quantitative estimate of drug-likeness (QED) is 0.417. The molecule has 1 saturated heterocycles. The van der Waals surface area contributed by atoms with Crippen LogP contribution in [0.15, 0.2) is 71.8 Å². The summed E-state index contributed by atoms with van der Waals surface area (Å²) in [6.07, 6.45) is 1.70. The van der Waals surface area contributed by atoms with Gasteiger partial charge in [0.2, 0.25) is 11.8 Å². The second kappa shape index (κ2) is 10.3. The molecule has 3 aromatic rings. The summed E-state index contributed by atoms with van der Waals surface area (Å²) in [4.78, 5) is 26.6. The molecule has 34 heavy (non-hydrogen) atoms. The lowest BCUT2D eigenvalue weighted by atomic mass is 10.1. The predicted molar refractivity (Wildman–Crippen MR) is 129 cm³/mol. The first-order valence-corrected chi connectivity index (χ1v) is 11.1. The smallest absolute Gasteiger partial charge is 0.245 e. The number of rotatable bonds is 7. The van der Waals surface area contributed by atoms with E-state index in [1.54, 1.807) is 35.4 Å². The van der Waals surface area contributed by atoms with Crippen molar-refractivity contribution in [3.05, 3.63) is 94.8 Å². The Labute approximate surface area is 198 Å². The van der Waals surface area contributed by atoms with Crippen molar-refractivity contribution in [2.45, 2.75) is 26.9 Å². The Kier molecular flexibility index (Phi) is 7.01. The molecule has 1 heterocycles. The lowest BCUT2D eigenvalue weighted by Gasteiger charge is -2.17. The Balaban J connectivity index is 1.27. The summed E-state index contributed by atoms with van der Waals surface area (Å²) in [7, 11) is 0. The Morgan fingerprint density at radius 2 is 1.82 bits per heavy atom. The van der Waals surface area contributed by atoms with Crippen LogP contribution in [0.25, 0.3) is 0 Å². The number of hydrazone groups is 1. The van der Waals surface area contributed by atoms with Crippen LogP contribution >= 0.6 is 0 Å². The molecular formula is C27H26FN3O3. The minimum absolute atomic E-state index is 0.0661. The molecule has 3 aromatic carbocycles. The minimum Gasteiger partial charge on any atom is -0.489 e. The summed E-state index contributed by atoms with van der Waals surface area (Å²) in [6, 6.07) is 19.2. The maximum Gasteiger partial charge on any atom is 0.245 e. The van der Waals surface area contributed by atoms with Crippen LogP contribution in [0.1, 0.15) is 28.7 Å². The third kappa shape index (κ3) is 5.67. The first-order chi connectivity index (χ1) is 16.4. The Hall–Kier alpha value is -4.00. The predicted octanol–water partition coefficient (Wildman–Crippen LogP) is 4.52. The van der Waals surface area contributed by atoms with E-state index in [-0.39, 0.29) is 24.1 Å². The Bertz CT molecular complexity index is 1210. The zero-order valence-electron chi connectivity index (χ0n) is 19.1. The van der Waals surface area contributed by atoms with Crippen molar-refractivity contribution >= 4 is 23.7 Å². The number of anilines is 1. The van der Waals surface area contributed by atoms with Crippen molar-refractivity contribution in [1.82, 2.24) is 5.43 Å². The van der Waals surface area contributed by atoms with Gasteiger partial charge in [0.05, 0.1) is 12.1 Å². The van der Waals surface area contributed by atoms with Crippen LogP contribution in [0, 0.1) is 25.6 Å². The molecule has 0 bridgehead atoms. The molecule has 1 fully saturated rings. The molecule has 1 aliphatic heterocycles. The van der Waals surface area contributed by atoms with Crippen molar-refractivity contribution in [2.24, 2.45) is 11.0 Å². The van der Waals surface area contributed by atoms with Gasteiger partial charge in [-0.2, -0.15) is 5.10 Å². The van der Waals surface area contributed by atoms with E-state index in [2.05, 4.69) is 10.5 Å². The van der Waals surface area contributed by atoms with E-state index >= 15 is 0 Å². The molecule has 1 atom stereocenters. The first kappa shape index (κ1) is 23.2. The van der Waals surface area contributed by atoms with Gasteiger partial charge in [-0.05, 0) is 84.6 Å². The largest absolute Gasteiger partial charge is 0.489 e. The van der Waals surface area contributed by atoms with Gasteiger partial charge >= 0.3 is 0 Å². The van der Waals surface area contributed by atoms with Crippen molar-refractivity contribution in [1.29, 1.82) is 0 Å². The van der Waals surface area contributed by atoms with Gasteiger partial charge in [0, 0.05) is 18.7 Å². The van der Waals surface area contributed by atoms with Crippen molar-refractivity contribution in [2.75, 3.05) is 11.4 Å². The molecule has 2 amide bonds. The molecule has 7 heteroatoms. The lowest BCUT2D eigenvalue weighted by molar-refractivity contribution is -0.126. The molecule has 4 rings (SSSR count). The number of benzene rings is 3. The van der Waals surface area contributed by atoms with Gasteiger partial charge in [-0.25, -0.2) is 9.82 Å². The standard InChI is InChI=1S/C27H26FN3O3/c1-18-3-10-24(13-19(18)2)31-16-22(14-26(31)32)27(33)30-29-15-20-6-11-25(12-7-20)34-17-21-4-8-23(28)9-5-21/h3-13,15,22H,14,16-17H2,1-2H3,(H,30,33)/b29-15-/t22-/m0/s1. The van der Waals surface area contributed by atoms with E-state index < -0.39 is 5.92 Å². The molecule has 1 N–H and O–H groups in total. The molecule has 0 saturated carbocycles. The van der Waals surface area contributed by atoms with Gasteiger partial charge in [-0.3, -0.25) is 9.59 Å². The average Bonchev–Trinajstić information content (AvgIpc) is 3.23. The van der Waals surface area contributed by atoms with Gasteiger partial charge in [0.15, 0.2) is 0 Å². The molecule has 0 radical (unpaired) electrons. The number of carbonyl (C=O) groups excluding carboxylic acids is 2. The molecule has 6 nitrogen and oxygen atoms in total. The molecule has 0 aromatic heterocycles. The summed E-state index contributed by atoms with van der Waals surface area (Å²) in [5.74, 6) is -0.411. The van der Waals surface area contributed by atoms with Crippen LogP contribution in [-0.4, -0.2) is 24.6 Å². The molecule has 0 spiro atoms. The zero-order valence-corrected chi connectivity index (χ0v) is 19.1. The Morgan fingerprint density at radius 1 is 1.09 bits per heavy atom. The lowest BCUT2D eigenvalue weighted by Crippen LogP contribution is -2.30. The van der Waals surface area contributed by atoms with E-state index in [0.717, 1.165) is 27.9 Å². The summed E-state index contributed by atoms with van der Waals surface area (Å²) >= 11 is 0.